The Morgan fingerprint density at radius 3 is 1.29 bits per heavy atom. The van der Waals surface area contributed by atoms with Crippen molar-refractivity contribution in [2.45, 2.75) is 0 Å². The first kappa shape index (κ1) is 41.9. The fourth-order valence-electron chi connectivity index (χ4n) is 10.2. The quantitative estimate of drug-likeness (QED) is 0.0865. The first-order valence-electron chi connectivity index (χ1n) is 22.5. The lowest BCUT2D eigenvalue weighted by Crippen LogP contribution is -2.15. The van der Waals surface area contributed by atoms with E-state index in [1.54, 1.807) is 58.3 Å². The summed E-state index contributed by atoms with van der Waals surface area (Å²) in [5.41, 5.74) is 5.20. The molecule has 12 rings (SSSR count). The Kier molecular flexibility index (Phi) is 9.98. The molecule has 0 aromatic heterocycles. The van der Waals surface area contributed by atoms with Crippen LogP contribution in [0.1, 0.15) is 5.56 Å². The topological polar surface area (TPSA) is 34.6 Å². The Hall–Kier alpha value is -9.50. The van der Waals surface area contributed by atoms with Crippen LogP contribution in [0.15, 0.2) is 206 Å². The molecule has 330 valence electrons. The molecule has 8 heteroatoms. The van der Waals surface area contributed by atoms with Crippen LogP contribution in [0.25, 0.3) is 81.0 Å². The first-order chi connectivity index (χ1) is 34.3. The molecule has 0 fully saturated rings. The van der Waals surface area contributed by atoms with E-state index in [1.807, 2.05) is 133 Å². The van der Waals surface area contributed by atoms with E-state index in [0.29, 0.717) is 56.3 Å². The van der Waals surface area contributed by atoms with Gasteiger partial charge in [0.25, 0.3) is 0 Å². The third kappa shape index (κ3) is 6.81. The van der Waals surface area contributed by atoms with Gasteiger partial charge in [-0.1, -0.05) is 133 Å². The second kappa shape index (κ2) is 16.7. The number of nitriles is 1. The highest BCUT2D eigenvalue weighted by Crippen LogP contribution is 2.52. The maximum atomic E-state index is 17.2. The van der Waals surface area contributed by atoms with Crippen molar-refractivity contribution in [1.82, 2.24) is 0 Å². The molecule has 0 saturated carbocycles. The summed E-state index contributed by atoms with van der Waals surface area (Å²) in [4.78, 5) is 7.20. The van der Waals surface area contributed by atoms with Gasteiger partial charge in [0.05, 0.1) is 41.0 Å². The van der Waals surface area contributed by atoms with Crippen molar-refractivity contribution in [2.75, 3.05) is 9.80 Å². The second-order valence-electron chi connectivity index (χ2n) is 17.2. The molecule has 0 aliphatic rings. The van der Waals surface area contributed by atoms with Gasteiger partial charge in [0.15, 0.2) is 17.3 Å². The number of anilines is 6. The van der Waals surface area contributed by atoms with Crippen LogP contribution in [0.3, 0.4) is 0 Å². The van der Waals surface area contributed by atoms with E-state index in [0.717, 1.165) is 66.0 Å². The van der Waals surface area contributed by atoms with E-state index in [9.17, 15) is 5.26 Å². The minimum atomic E-state index is -0.788. The number of nitrogens with zero attached hydrogens (tertiary/aromatic N) is 4. The van der Waals surface area contributed by atoms with Crippen molar-refractivity contribution >= 4 is 93.7 Å². The molecule has 0 amide bonds. The molecule has 0 aliphatic heterocycles. The molecule has 0 aliphatic carbocycles. The third-order valence-corrected chi connectivity index (χ3v) is 13.3. The lowest BCUT2D eigenvalue weighted by molar-refractivity contribution is 0.584. The molecule has 12 aromatic carbocycles. The number of hydrogen-bond donors (Lipinski definition) is 0. The largest absolute Gasteiger partial charge is 0.307 e. The van der Waals surface area contributed by atoms with Crippen LogP contribution in [0, 0.1) is 41.2 Å². The molecule has 0 unspecified atom stereocenters. The number of halogens is 4. The summed E-state index contributed by atoms with van der Waals surface area (Å²) in [5, 5.41) is 18.2. The normalized spacial score (nSPS) is 11.4. The van der Waals surface area contributed by atoms with Crippen molar-refractivity contribution in [3.8, 4) is 28.3 Å². The van der Waals surface area contributed by atoms with Gasteiger partial charge in [-0.3, -0.25) is 0 Å². The van der Waals surface area contributed by atoms with E-state index in [2.05, 4.69) is 10.9 Å². The third-order valence-electron chi connectivity index (χ3n) is 13.3. The molecular formula is C62H34F4N4. The highest BCUT2D eigenvalue weighted by molar-refractivity contribution is 6.28. The zero-order chi connectivity index (χ0) is 47.6. The minimum Gasteiger partial charge on any atom is -0.307 e. The molecule has 0 N–H and O–H groups in total. The van der Waals surface area contributed by atoms with E-state index in [4.69, 9.17) is 6.57 Å². The number of hydrogen-bond acceptors (Lipinski definition) is 3. The van der Waals surface area contributed by atoms with Gasteiger partial charge in [0.2, 0.25) is 0 Å². The summed E-state index contributed by atoms with van der Waals surface area (Å²) in [5.74, 6) is -3.04. The summed E-state index contributed by atoms with van der Waals surface area (Å²) in [6.07, 6.45) is 0. The lowest BCUT2D eigenvalue weighted by Gasteiger charge is -2.31. The van der Waals surface area contributed by atoms with Gasteiger partial charge >= 0.3 is 0 Å². The molecule has 0 spiro atoms. The van der Waals surface area contributed by atoms with Crippen LogP contribution in [-0.4, -0.2) is 0 Å². The summed E-state index contributed by atoms with van der Waals surface area (Å²) >= 11 is 0. The summed E-state index contributed by atoms with van der Waals surface area (Å²) in [7, 11) is 0. The van der Waals surface area contributed by atoms with Crippen molar-refractivity contribution in [2.24, 2.45) is 0 Å². The van der Waals surface area contributed by atoms with E-state index < -0.39 is 23.3 Å². The van der Waals surface area contributed by atoms with Crippen molar-refractivity contribution < 1.29 is 17.6 Å². The summed E-state index contributed by atoms with van der Waals surface area (Å²) in [6, 6.07) is 63.0. The molecule has 0 radical (unpaired) electrons. The molecule has 0 heterocycles. The first-order valence-corrected chi connectivity index (χ1v) is 22.5. The van der Waals surface area contributed by atoms with E-state index in [1.165, 1.54) is 12.1 Å². The Bertz CT molecular complexity index is 3870. The number of rotatable bonds is 8. The van der Waals surface area contributed by atoms with Gasteiger partial charge in [-0.2, -0.15) is 5.26 Å². The predicted molar refractivity (Wildman–Crippen MR) is 276 cm³/mol. The second-order valence-corrected chi connectivity index (χ2v) is 17.2. The molecule has 12 aromatic rings. The average Bonchev–Trinajstić information content (AvgIpc) is 3.39. The van der Waals surface area contributed by atoms with Gasteiger partial charge in [-0.05, 0) is 115 Å². The monoisotopic (exact) mass is 910 g/mol. The number of fused-ring (bicyclic) bond motifs is 2. The SMILES string of the molecule is [C-]#[N+]c1ccc(N(c2c(F)cc(F)cc2-c2cccc3ccccc23)c2ccc3ccc4c(N(c5ccc(C#N)cc5)c5c(F)cc(F)cc5-c5cccc6ccccc56)ccc5ccc2c3c54)cc1. The molecule has 0 atom stereocenters. The van der Waals surface area contributed by atoms with Crippen molar-refractivity contribution in [1.29, 1.82) is 5.26 Å². The Labute approximate surface area is 399 Å². The number of benzene rings is 12. The fraction of sp³-hybridized carbons (Fsp3) is 0. The highest BCUT2D eigenvalue weighted by atomic mass is 19.1. The maximum Gasteiger partial charge on any atom is 0.187 e. The van der Waals surface area contributed by atoms with Crippen molar-refractivity contribution in [3.63, 3.8) is 0 Å². The summed E-state index contributed by atoms with van der Waals surface area (Å²) in [6.45, 7) is 7.70. The van der Waals surface area contributed by atoms with Crippen LogP contribution in [0.5, 0.6) is 0 Å². The predicted octanol–water partition coefficient (Wildman–Crippen LogP) is 18.1. The van der Waals surface area contributed by atoms with Crippen LogP contribution in [0.4, 0.5) is 57.4 Å². The standard InChI is InChI=1S/C62H34F4N4/c1-68-44-22-26-46(27-23-44)70(62-54(33-43(64)35-56(62)66)50-15-7-11-39-9-3-5-13-48(39)50)58-31-21-41-18-28-51-57(30-20-40-19-29-52(58)60(41)59(40)51)69(45-24-16-37(36-67)17-25-45)61-53(32-42(63)34-55(61)65)49-14-6-10-38-8-2-4-12-47(38)49/h2-35H. The smallest absolute Gasteiger partial charge is 0.187 e. The Morgan fingerprint density at radius 1 is 0.400 bits per heavy atom. The van der Waals surface area contributed by atoms with Gasteiger partial charge in [0.1, 0.15) is 11.6 Å². The molecule has 70 heavy (non-hydrogen) atoms. The van der Waals surface area contributed by atoms with Gasteiger partial charge in [0, 0.05) is 45.4 Å². The fourth-order valence-corrected chi connectivity index (χ4v) is 10.2. The van der Waals surface area contributed by atoms with Gasteiger partial charge in [-0.15, -0.1) is 0 Å². The van der Waals surface area contributed by atoms with Gasteiger partial charge in [-0.25, -0.2) is 22.4 Å². The molecule has 0 bridgehead atoms. The van der Waals surface area contributed by atoms with Gasteiger partial charge < -0.3 is 9.80 Å². The molecule has 4 nitrogen and oxygen atoms in total. The summed E-state index contributed by atoms with van der Waals surface area (Å²) < 4.78 is 65.6. The minimum absolute atomic E-state index is 0.111. The van der Waals surface area contributed by atoms with Crippen LogP contribution in [-0.2, 0) is 0 Å². The van der Waals surface area contributed by atoms with Crippen molar-refractivity contribution in [3.05, 3.63) is 247 Å². The maximum absolute atomic E-state index is 17.2. The lowest BCUT2D eigenvalue weighted by atomic mass is 9.90. The Balaban J connectivity index is 1.14. The highest BCUT2D eigenvalue weighted by Gasteiger charge is 2.29. The average molecular weight is 911 g/mol. The Morgan fingerprint density at radius 2 is 0.829 bits per heavy atom. The van der Waals surface area contributed by atoms with E-state index in [-0.39, 0.29) is 11.4 Å². The van der Waals surface area contributed by atoms with Crippen LogP contribution >= 0.6 is 0 Å². The van der Waals surface area contributed by atoms with Crippen LogP contribution in [0.2, 0.25) is 0 Å². The zero-order valence-corrected chi connectivity index (χ0v) is 36.9. The molecule has 0 saturated heterocycles. The molecular weight excluding hydrogens is 877 g/mol. The van der Waals surface area contributed by atoms with Crippen LogP contribution < -0.4 is 9.80 Å². The zero-order valence-electron chi connectivity index (χ0n) is 36.9. The van der Waals surface area contributed by atoms with E-state index >= 15 is 17.6 Å².